The van der Waals surface area contributed by atoms with Crippen LogP contribution in [0.2, 0.25) is 0 Å². The number of amides is 1. The molecule has 2 N–H and O–H groups in total. The lowest BCUT2D eigenvalue weighted by atomic mass is 10.1. The number of carbonyl (C=O) groups is 1. The Morgan fingerprint density at radius 2 is 2.14 bits per heavy atom. The van der Waals surface area contributed by atoms with Crippen LogP contribution in [0.1, 0.15) is 30.6 Å². The molecule has 0 atom stereocenters. The molecule has 7 heteroatoms. The van der Waals surface area contributed by atoms with Crippen LogP contribution in [0, 0.1) is 10.1 Å². The molecule has 0 aliphatic carbocycles. The zero-order valence-corrected chi connectivity index (χ0v) is 12.5. The van der Waals surface area contributed by atoms with E-state index < -0.39 is 4.92 Å². The van der Waals surface area contributed by atoms with Gasteiger partial charge in [-0.3, -0.25) is 14.9 Å². The van der Waals surface area contributed by atoms with E-state index in [1.165, 1.54) is 18.2 Å². The van der Waals surface area contributed by atoms with Gasteiger partial charge in [-0.15, -0.1) is 0 Å². The zero-order valence-electron chi connectivity index (χ0n) is 12.5. The average Bonchev–Trinajstić information content (AvgIpc) is 2.46. The predicted octanol–water partition coefficient (Wildman–Crippen LogP) is 1.87. The van der Waals surface area contributed by atoms with Crippen molar-refractivity contribution in [3.63, 3.8) is 0 Å². The second-order valence-corrected chi connectivity index (χ2v) is 4.91. The normalized spacial score (nSPS) is 10.5. The van der Waals surface area contributed by atoms with Gasteiger partial charge < -0.3 is 15.3 Å². The highest BCUT2D eigenvalue weighted by atomic mass is 16.6. The topological polar surface area (TPSA) is 95.7 Å². The zero-order chi connectivity index (χ0) is 16.0. The van der Waals surface area contributed by atoms with Crippen LogP contribution in [0.4, 0.5) is 11.4 Å². The van der Waals surface area contributed by atoms with Gasteiger partial charge in [-0.1, -0.05) is 0 Å². The van der Waals surface area contributed by atoms with Gasteiger partial charge >= 0.3 is 0 Å². The number of benzene rings is 1. The minimum atomic E-state index is -0.494. The molecule has 0 aliphatic rings. The van der Waals surface area contributed by atoms with Crippen molar-refractivity contribution < 1.29 is 14.8 Å². The number of nitro groups is 1. The molecule has 0 bridgehead atoms. The van der Waals surface area contributed by atoms with Gasteiger partial charge in [0.25, 0.3) is 11.6 Å². The summed E-state index contributed by atoms with van der Waals surface area (Å²) in [7, 11) is 1.57. The first-order valence-corrected chi connectivity index (χ1v) is 6.80. The maximum atomic E-state index is 12.5. The van der Waals surface area contributed by atoms with E-state index in [0.717, 1.165) is 0 Å². The fourth-order valence-corrected chi connectivity index (χ4v) is 2.03. The van der Waals surface area contributed by atoms with Crippen molar-refractivity contribution in [3.8, 4) is 0 Å². The lowest BCUT2D eigenvalue weighted by Crippen LogP contribution is -2.38. The number of hydrogen-bond acceptors (Lipinski definition) is 5. The summed E-state index contributed by atoms with van der Waals surface area (Å²) in [5.74, 6) is -0.204. The second-order valence-electron chi connectivity index (χ2n) is 4.91. The molecule has 0 saturated carbocycles. The van der Waals surface area contributed by atoms with Gasteiger partial charge in [0, 0.05) is 37.9 Å². The molecule has 0 saturated heterocycles. The number of rotatable bonds is 7. The molecule has 0 aromatic heterocycles. The first-order valence-electron chi connectivity index (χ1n) is 6.80. The molecule has 116 valence electrons. The number of aliphatic hydroxyl groups is 1. The summed E-state index contributed by atoms with van der Waals surface area (Å²) in [5.41, 5.74) is 0.619. The largest absolute Gasteiger partial charge is 0.396 e. The summed E-state index contributed by atoms with van der Waals surface area (Å²) < 4.78 is 0. The number of anilines is 1. The van der Waals surface area contributed by atoms with Crippen LogP contribution in [-0.4, -0.2) is 47.1 Å². The summed E-state index contributed by atoms with van der Waals surface area (Å²) >= 11 is 0. The molecule has 0 heterocycles. The van der Waals surface area contributed by atoms with Gasteiger partial charge in [-0.2, -0.15) is 0 Å². The molecule has 1 aromatic rings. The number of nitrogens with zero attached hydrogens (tertiary/aromatic N) is 2. The average molecular weight is 295 g/mol. The Bertz CT molecular complexity index is 517. The van der Waals surface area contributed by atoms with E-state index in [1.807, 2.05) is 13.8 Å². The molecule has 1 aromatic carbocycles. The third-order valence-electron chi connectivity index (χ3n) is 3.15. The van der Waals surface area contributed by atoms with E-state index in [9.17, 15) is 14.9 Å². The third kappa shape index (κ3) is 4.16. The minimum Gasteiger partial charge on any atom is -0.396 e. The number of nitro benzene ring substituents is 1. The molecule has 0 spiro atoms. The van der Waals surface area contributed by atoms with Crippen molar-refractivity contribution in [1.82, 2.24) is 4.90 Å². The Hall–Kier alpha value is -2.15. The summed E-state index contributed by atoms with van der Waals surface area (Å²) in [5, 5.41) is 22.5. The summed E-state index contributed by atoms with van der Waals surface area (Å²) in [6.07, 6.45) is 0.496. The molecular formula is C14H21N3O4. The number of carbonyl (C=O) groups excluding carboxylic acids is 1. The molecule has 1 amide bonds. The van der Waals surface area contributed by atoms with Gasteiger partial charge in [0.15, 0.2) is 0 Å². The van der Waals surface area contributed by atoms with Crippen LogP contribution < -0.4 is 5.32 Å². The molecule has 1 rings (SSSR count). The molecule has 0 fully saturated rings. The Morgan fingerprint density at radius 3 is 2.62 bits per heavy atom. The molecule has 0 unspecified atom stereocenters. The van der Waals surface area contributed by atoms with Crippen molar-refractivity contribution in [3.05, 3.63) is 33.9 Å². The summed E-state index contributed by atoms with van der Waals surface area (Å²) in [6, 6.07) is 4.24. The molecule has 7 nitrogen and oxygen atoms in total. The molecule has 0 aliphatic heterocycles. The maximum absolute atomic E-state index is 12.5. The lowest BCUT2D eigenvalue weighted by molar-refractivity contribution is -0.383. The van der Waals surface area contributed by atoms with Crippen molar-refractivity contribution in [2.45, 2.75) is 26.3 Å². The highest BCUT2D eigenvalue weighted by Gasteiger charge is 2.21. The Kier molecular flexibility index (Phi) is 6.10. The Morgan fingerprint density at radius 1 is 1.48 bits per heavy atom. The van der Waals surface area contributed by atoms with Crippen molar-refractivity contribution in [2.24, 2.45) is 0 Å². The third-order valence-corrected chi connectivity index (χ3v) is 3.15. The van der Waals surface area contributed by atoms with E-state index in [0.29, 0.717) is 24.2 Å². The van der Waals surface area contributed by atoms with E-state index in [2.05, 4.69) is 5.32 Å². The molecular weight excluding hydrogens is 274 g/mol. The van der Waals surface area contributed by atoms with E-state index in [1.54, 1.807) is 11.9 Å². The quantitative estimate of drug-likeness (QED) is 0.591. The number of hydrogen-bond donors (Lipinski definition) is 2. The van der Waals surface area contributed by atoms with Crippen LogP contribution in [0.15, 0.2) is 18.2 Å². The second kappa shape index (κ2) is 7.58. The Labute approximate surface area is 123 Å². The monoisotopic (exact) mass is 295 g/mol. The predicted molar refractivity (Wildman–Crippen MR) is 80.5 cm³/mol. The maximum Gasteiger partial charge on any atom is 0.292 e. The minimum absolute atomic E-state index is 0.0124. The van der Waals surface area contributed by atoms with Gasteiger partial charge in [-0.05, 0) is 32.4 Å². The van der Waals surface area contributed by atoms with E-state index >= 15 is 0 Å². The van der Waals surface area contributed by atoms with Crippen LogP contribution in [0.5, 0.6) is 0 Å². The number of nitrogens with one attached hydrogen (secondary N) is 1. The van der Waals surface area contributed by atoms with Crippen LogP contribution in [-0.2, 0) is 0 Å². The summed E-state index contributed by atoms with van der Waals surface area (Å²) in [4.78, 5) is 24.5. The smallest absolute Gasteiger partial charge is 0.292 e. The fraction of sp³-hybridized carbons (Fsp3) is 0.500. The highest BCUT2D eigenvalue weighted by Crippen LogP contribution is 2.25. The summed E-state index contributed by atoms with van der Waals surface area (Å²) in [6.45, 7) is 4.23. The van der Waals surface area contributed by atoms with Crippen LogP contribution in [0.25, 0.3) is 0 Å². The molecule has 21 heavy (non-hydrogen) atoms. The van der Waals surface area contributed by atoms with Crippen molar-refractivity contribution in [2.75, 3.05) is 25.5 Å². The van der Waals surface area contributed by atoms with Crippen LogP contribution in [0.3, 0.4) is 0 Å². The van der Waals surface area contributed by atoms with Crippen molar-refractivity contribution in [1.29, 1.82) is 0 Å². The van der Waals surface area contributed by atoms with Crippen molar-refractivity contribution >= 4 is 17.3 Å². The Balaban J connectivity index is 3.08. The first-order chi connectivity index (χ1) is 9.92. The lowest BCUT2D eigenvalue weighted by Gasteiger charge is -2.26. The van der Waals surface area contributed by atoms with Crippen LogP contribution >= 0.6 is 0 Å². The number of aliphatic hydroxyl groups excluding tert-OH is 1. The fourth-order valence-electron chi connectivity index (χ4n) is 2.03. The SMILES string of the molecule is CNc1cc(C(=O)N(CCCO)C(C)C)ccc1[N+](=O)[O-]. The van der Waals surface area contributed by atoms with Gasteiger partial charge in [-0.25, -0.2) is 0 Å². The van der Waals surface area contributed by atoms with Gasteiger partial charge in [0.1, 0.15) is 5.69 Å². The highest BCUT2D eigenvalue weighted by molar-refractivity contribution is 5.96. The van der Waals surface area contributed by atoms with Gasteiger partial charge in [0.2, 0.25) is 0 Å². The van der Waals surface area contributed by atoms with Gasteiger partial charge in [0.05, 0.1) is 4.92 Å². The van der Waals surface area contributed by atoms with E-state index in [-0.39, 0.29) is 24.2 Å². The van der Waals surface area contributed by atoms with E-state index in [4.69, 9.17) is 5.11 Å². The standard InChI is InChI=1S/C14H21N3O4/c1-10(2)16(7-4-8-18)14(19)11-5-6-13(17(20)21)12(9-11)15-3/h5-6,9-10,15,18H,4,7-8H2,1-3H3. The molecule has 0 radical (unpaired) electrons. The first kappa shape index (κ1) is 16.9.